The van der Waals surface area contributed by atoms with Gasteiger partial charge in [0.25, 0.3) is 17.7 Å². The highest BCUT2D eigenvalue weighted by Crippen LogP contribution is 2.34. The van der Waals surface area contributed by atoms with Crippen LogP contribution in [0.3, 0.4) is 0 Å². The first-order chi connectivity index (χ1) is 31.2. The lowest BCUT2D eigenvalue weighted by atomic mass is 9.95. The predicted molar refractivity (Wildman–Crippen MR) is 244 cm³/mol. The number of nitrogens with zero attached hydrogens (tertiary/aromatic N) is 8. The van der Waals surface area contributed by atoms with Gasteiger partial charge < -0.3 is 20.4 Å². The Bertz CT molecular complexity index is 2680. The molecule has 336 valence electrons. The second kappa shape index (κ2) is 17.5. The van der Waals surface area contributed by atoms with Crippen molar-refractivity contribution in [2.45, 2.75) is 65.0 Å². The number of halogens is 1. The first kappa shape index (κ1) is 43.3. The van der Waals surface area contributed by atoms with Crippen molar-refractivity contribution in [1.82, 2.24) is 34.9 Å². The molecule has 1 unspecified atom stereocenters. The molecule has 0 radical (unpaired) electrons. The Morgan fingerprint density at radius 3 is 2.25 bits per heavy atom. The quantitative estimate of drug-likeness (QED) is 0.140. The van der Waals surface area contributed by atoms with Gasteiger partial charge in [-0.3, -0.25) is 43.8 Å². The molecule has 0 spiro atoms. The highest BCUT2D eigenvalue weighted by molar-refractivity contribution is 6.23. The average Bonchev–Trinajstić information content (AvgIpc) is 3.89. The van der Waals surface area contributed by atoms with E-state index in [0.29, 0.717) is 51.1 Å². The Morgan fingerprint density at radius 2 is 1.54 bits per heavy atom. The van der Waals surface area contributed by atoms with E-state index in [1.165, 1.54) is 18.3 Å². The molecule has 0 saturated carbocycles. The number of piperidine rings is 2. The Morgan fingerprint density at radius 1 is 0.831 bits per heavy atom. The maximum absolute atomic E-state index is 15.0. The molecule has 3 N–H and O–H groups in total. The van der Waals surface area contributed by atoms with Gasteiger partial charge in [-0.1, -0.05) is 0 Å². The van der Waals surface area contributed by atoms with Gasteiger partial charge in [0.15, 0.2) is 0 Å². The van der Waals surface area contributed by atoms with E-state index in [4.69, 9.17) is 4.98 Å². The molecule has 65 heavy (non-hydrogen) atoms. The van der Waals surface area contributed by atoms with Crippen LogP contribution in [-0.2, 0) is 15.1 Å². The molecule has 3 fully saturated rings. The molecule has 3 aromatic carbocycles. The Hall–Kier alpha value is -7.01. The molecule has 4 aliphatic rings. The first-order valence-corrected chi connectivity index (χ1v) is 22.1. The molecule has 6 heterocycles. The van der Waals surface area contributed by atoms with Crippen molar-refractivity contribution in [1.29, 1.82) is 0 Å². The smallest absolute Gasteiger partial charge is 0.262 e. The van der Waals surface area contributed by atoms with Gasteiger partial charge in [0.2, 0.25) is 17.8 Å². The Labute approximate surface area is 376 Å². The minimum absolute atomic E-state index is 0.0875. The molecule has 16 nitrogen and oxygen atoms in total. The number of amides is 5. The zero-order chi connectivity index (χ0) is 45.6. The van der Waals surface area contributed by atoms with Crippen LogP contribution in [0.5, 0.6) is 0 Å². The predicted octanol–water partition coefficient (Wildman–Crippen LogP) is 5.98. The fraction of sp³-hybridized carbons (Fsp3) is 0.375. The number of fused-ring (bicyclic) bond motifs is 1. The summed E-state index contributed by atoms with van der Waals surface area (Å²) in [6.45, 7) is 14.2. The van der Waals surface area contributed by atoms with Crippen LogP contribution in [0.4, 0.5) is 33.1 Å². The Kier molecular flexibility index (Phi) is 11.7. The third-order valence-electron chi connectivity index (χ3n) is 12.9. The van der Waals surface area contributed by atoms with Gasteiger partial charge in [0.1, 0.15) is 11.9 Å². The lowest BCUT2D eigenvalue weighted by Crippen LogP contribution is -2.54. The van der Waals surface area contributed by atoms with Crippen LogP contribution in [0.15, 0.2) is 79.3 Å². The summed E-state index contributed by atoms with van der Waals surface area (Å²) in [5.74, 6) is -1.97. The van der Waals surface area contributed by atoms with Crippen molar-refractivity contribution in [2.75, 3.05) is 66.2 Å². The normalized spacial score (nSPS) is 18.5. The number of benzene rings is 3. The standard InChI is InChI=1S/C48H52FN11O5/c1-29-37(23-32(49)24-40(29)53-43(62)31-26-51-59(28-31)48(2,3)4)39-13-16-50-47(54-39)52-33-5-7-34(8-6-33)58-21-19-56(20-22-58)27-30-14-17-57(18-15-30)35-9-10-36-38(25-35)46(65)60(45(36)64)41-11-12-42(61)55-44(41)63/h5-10,13,16,23-26,28,30,41H,11-12,14-15,17-22,27H2,1-4H3,(H,53,62)(H,50,52,54)(H,55,61,63). The van der Waals surface area contributed by atoms with E-state index in [1.807, 2.05) is 45.9 Å². The second-order valence-corrected chi connectivity index (χ2v) is 18.3. The van der Waals surface area contributed by atoms with Crippen molar-refractivity contribution in [3.8, 4) is 11.3 Å². The van der Waals surface area contributed by atoms with Crippen LogP contribution >= 0.6 is 0 Å². The van der Waals surface area contributed by atoms with Crippen LogP contribution in [0.1, 0.15) is 83.1 Å². The summed E-state index contributed by atoms with van der Waals surface area (Å²) < 4.78 is 16.7. The molecule has 17 heteroatoms. The highest BCUT2D eigenvalue weighted by atomic mass is 19.1. The number of hydrogen-bond acceptors (Lipinski definition) is 12. The average molecular weight is 882 g/mol. The maximum atomic E-state index is 15.0. The van der Waals surface area contributed by atoms with Gasteiger partial charge in [0.05, 0.1) is 34.1 Å². The molecule has 0 aliphatic carbocycles. The van der Waals surface area contributed by atoms with Crippen LogP contribution in [0.2, 0.25) is 0 Å². The molecule has 0 bridgehead atoms. The van der Waals surface area contributed by atoms with E-state index in [0.717, 1.165) is 80.6 Å². The summed E-state index contributed by atoms with van der Waals surface area (Å²) in [5, 5.41) is 12.7. The molecule has 5 amide bonds. The van der Waals surface area contributed by atoms with Gasteiger partial charge >= 0.3 is 0 Å². The summed E-state index contributed by atoms with van der Waals surface area (Å²) in [6.07, 6.45) is 7.04. The van der Waals surface area contributed by atoms with E-state index in [1.54, 1.807) is 35.3 Å². The fourth-order valence-electron chi connectivity index (χ4n) is 9.11. The van der Waals surface area contributed by atoms with E-state index < -0.39 is 35.5 Å². The zero-order valence-electron chi connectivity index (χ0n) is 36.9. The van der Waals surface area contributed by atoms with Gasteiger partial charge in [0, 0.05) is 92.9 Å². The SMILES string of the molecule is Cc1c(NC(=O)c2cnn(C(C)(C)C)c2)cc(F)cc1-c1ccnc(Nc2ccc(N3CCN(CC4CCN(c5ccc6c(c5)C(=O)N(C5CCC(=O)NC5=O)C6=O)CC4)CC3)cc2)n1. The molecular weight excluding hydrogens is 830 g/mol. The summed E-state index contributed by atoms with van der Waals surface area (Å²) in [4.78, 5) is 81.1. The largest absolute Gasteiger partial charge is 0.371 e. The fourth-order valence-corrected chi connectivity index (χ4v) is 9.11. The summed E-state index contributed by atoms with van der Waals surface area (Å²) in [7, 11) is 0. The molecular formula is C48H52FN11O5. The summed E-state index contributed by atoms with van der Waals surface area (Å²) >= 11 is 0. The monoisotopic (exact) mass is 881 g/mol. The molecule has 4 aliphatic heterocycles. The van der Waals surface area contributed by atoms with Gasteiger partial charge in [-0.25, -0.2) is 14.4 Å². The van der Waals surface area contributed by atoms with E-state index in [-0.39, 0.29) is 24.3 Å². The lowest BCUT2D eigenvalue weighted by Gasteiger charge is -2.40. The highest BCUT2D eigenvalue weighted by Gasteiger charge is 2.45. The van der Waals surface area contributed by atoms with Crippen molar-refractivity contribution in [3.05, 3.63) is 107 Å². The number of carbonyl (C=O) groups excluding carboxylic acids is 5. The van der Waals surface area contributed by atoms with E-state index in [9.17, 15) is 28.4 Å². The molecule has 5 aromatic rings. The molecule has 9 rings (SSSR count). The van der Waals surface area contributed by atoms with Crippen LogP contribution < -0.4 is 25.8 Å². The van der Waals surface area contributed by atoms with Crippen molar-refractivity contribution >= 4 is 58.2 Å². The van der Waals surface area contributed by atoms with Gasteiger partial charge in [-0.2, -0.15) is 5.10 Å². The van der Waals surface area contributed by atoms with Crippen LogP contribution in [0.25, 0.3) is 11.3 Å². The number of imide groups is 2. The zero-order valence-corrected chi connectivity index (χ0v) is 36.9. The minimum atomic E-state index is -0.978. The number of hydrogen-bond donors (Lipinski definition) is 3. The number of piperazine rings is 1. The Balaban J connectivity index is 0.750. The van der Waals surface area contributed by atoms with Crippen LogP contribution in [0, 0.1) is 18.7 Å². The maximum Gasteiger partial charge on any atom is 0.262 e. The number of carbonyl (C=O) groups is 5. The van der Waals surface area contributed by atoms with E-state index >= 15 is 0 Å². The lowest BCUT2D eigenvalue weighted by molar-refractivity contribution is -0.136. The third kappa shape index (κ3) is 9.05. The molecule has 3 saturated heterocycles. The van der Waals surface area contributed by atoms with Gasteiger partial charge in [-0.15, -0.1) is 0 Å². The van der Waals surface area contributed by atoms with E-state index in [2.05, 4.69) is 52.9 Å². The summed E-state index contributed by atoms with van der Waals surface area (Å²) in [6, 6.07) is 17.0. The van der Waals surface area contributed by atoms with Crippen molar-refractivity contribution in [3.63, 3.8) is 0 Å². The topological polar surface area (TPSA) is 178 Å². The van der Waals surface area contributed by atoms with Crippen molar-refractivity contribution in [2.24, 2.45) is 5.92 Å². The van der Waals surface area contributed by atoms with Gasteiger partial charge in [-0.05, 0) is 119 Å². The summed E-state index contributed by atoms with van der Waals surface area (Å²) in [5.41, 5.74) is 5.56. The molecule has 2 aromatic heterocycles. The number of anilines is 5. The number of aromatic nitrogens is 4. The first-order valence-electron chi connectivity index (χ1n) is 22.1. The second-order valence-electron chi connectivity index (χ2n) is 18.3. The van der Waals surface area contributed by atoms with Crippen LogP contribution in [-0.4, -0.2) is 111 Å². The minimum Gasteiger partial charge on any atom is -0.371 e. The third-order valence-corrected chi connectivity index (χ3v) is 12.9. The number of nitrogens with one attached hydrogen (secondary N) is 3. The number of rotatable bonds is 10. The molecule has 1 atom stereocenters. The van der Waals surface area contributed by atoms with Crippen molar-refractivity contribution < 1.29 is 28.4 Å².